The SMILES string of the molecule is COC(=O)NCC(=O)Nc1cc(C)ccc1C. The van der Waals surface area contributed by atoms with Gasteiger partial charge in [-0.25, -0.2) is 4.79 Å². The third-order valence-corrected chi connectivity index (χ3v) is 2.25. The van der Waals surface area contributed by atoms with Gasteiger partial charge in [0.1, 0.15) is 6.54 Å². The summed E-state index contributed by atoms with van der Waals surface area (Å²) in [6.45, 7) is 3.74. The monoisotopic (exact) mass is 236 g/mol. The highest BCUT2D eigenvalue weighted by Crippen LogP contribution is 2.15. The van der Waals surface area contributed by atoms with Crippen molar-refractivity contribution in [3.8, 4) is 0 Å². The number of benzene rings is 1. The molecule has 1 aromatic rings. The molecule has 0 aliphatic heterocycles. The van der Waals surface area contributed by atoms with Gasteiger partial charge in [0.2, 0.25) is 5.91 Å². The van der Waals surface area contributed by atoms with Crippen LogP contribution in [0.2, 0.25) is 0 Å². The van der Waals surface area contributed by atoms with Crippen LogP contribution in [-0.4, -0.2) is 25.7 Å². The van der Waals surface area contributed by atoms with E-state index in [2.05, 4.69) is 15.4 Å². The van der Waals surface area contributed by atoms with E-state index in [4.69, 9.17) is 0 Å². The Labute approximate surface area is 100 Å². The van der Waals surface area contributed by atoms with Gasteiger partial charge < -0.3 is 15.4 Å². The maximum Gasteiger partial charge on any atom is 0.407 e. The summed E-state index contributed by atoms with van der Waals surface area (Å²) in [7, 11) is 1.25. The van der Waals surface area contributed by atoms with Crippen molar-refractivity contribution in [3.05, 3.63) is 29.3 Å². The van der Waals surface area contributed by atoms with E-state index in [1.165, 1.54) is 7.11 Å². The van der Waals surface area contributed by atoms with Crippen LogP contribution in [0.5, 0.6) is 0 Å². The van der Waals surface area contributed by atoms with Crippen molar-refractivity contribution >= 4 is 17.7 Å². The van der Waals surface area contributed by atoms with Crippen molar-refractivity contribution < 1.29 is 14.3 Å². The van der Waals surface area contributed by atoms with Gasteiger partial charge in [0.05, 0.1) is 7.11 Å². The summed E-state index contributed by atoms with van der Waals surface area (Å²) in [5.74, 6) is -0.288. The molecule has 5 nitrogen and oxygen atoms in total. The second kappa shape index (κ2) is 5.89. The van der Waals surface area contributed by atoms with Crippen LogP contribution in [0.4, 0.5) is 10.5 Å². The van der Waals surface area contributed by atoms with Gasteiger partial charge >= 0.3 is 6.09 Å². The zero-order chi connectivity index (χ0) is 12.8. The number of amides is 2. The first-order chi connectivity index (χ1) is 8.02. The Bertz CT molecular complexity index is 430. The molecule has 0 bridgehead atoms. The summed E-state index contributed by atoms with van der Waals surface area (Å²) < 4.78 is 4.36. The van der Waals surface area contributed by atoms with E-state index in [-0.39, 0.29) is 12.5 Å². The number of alkyl carbamates (subject to hydrolysis) is 1. The zero-order valence-electron chi connectivity index (χ0n) is 10.2. The Morgan fingerprint density at radius 2 is 2.00 bits per heavy atom. The Kier molecular flexibility index (Phi) is 4.51. The largest absolute Gasteiger partial charge is 0.453 e. The van der Waals surface area contributed by atoms with E-state index < -0.39 is 6.09 Å². The molecule has 92 valence electrons. The van der Waals surface area contributed by atoms with Crippen LogP contribution in [-0.2, 0) is 9.53 Å². The fourth-order valence-electron chi connectivity index (χ4n) is 1.29. The zero-order valence-corrected chi connectivity index (χ0v) is 10.2. The molecule has 0 aliphatic carbocycles. The van der Waals surface area contributed by atoms with Gasteiger partial charge in [-0.05, 0) is 31.0 Å². The standard InChI is InChI=1S/C12H16N2O3/c1-8-4-5-9(2)10(6-8)14-11(15)7-13-12(16)17-3/h4-6H,7H2,1-3H3,(H,13,16)(H,14,15). The number of nitrogens with one attached hydrogen (secondary N) is 2. The van der Waals surface area contributed by atoms with Crippen LogP contribution in [0, 0.1) is 13.8 Å². The minimum Gasteiger partial charge on any atom is -0.453 e. The van der Waals surface area contributed by atoms with Gasteiger partial charge in [0, 0.05) is 5.69 Å². The molecule has 1 aromatic carbocycles. The predicted octanol–water partition coefficient (Wildman–Crippen LogP) is 1.60. The van der Waals surface area contributed by atoms with Crippen molar-refractivity contribution in [2.75, 3.05) is 19.0 Å². The fourth-order valence-corrected chi connectivity index (χ4v) is 1.29. The van der Waals surface area contributed by atoms with Crippen molar-refractivity contribution in [1.29, 1.82) is 0 Å². The molecule has 0 saturated carbocycles. The van der Waals surface area contributed by atoms with Crippen LogP contribution in [0.1, 0.15) is 11.1 Å². The molecule has 0 atom stereocenters. The quantitative estimate of drug-likeness (QED) is 0.837. The third-order valence-electron chi connectivity index (χ3n) is 2.25. The number of anilines is 1. The van der Waals surface area contributed by atoms with Crippen molar-refractivity contribution in [2.45, 2.75) is 13.8 Å². The van der Waals surface area contributed by atoms with Gasteiger partial charge in [-0.15, -0.1) is 0 Å². The first-order valence-electron chi connectivity index (χ1n) is 5.22. The molecular weight excluding hydrogens is 220 g/mol. The fraction of sp³-hybridized carbons (Fsp3) is 0.333. The van der Waals surface area contributed by atoms with Crippen molar-refractivity contribution in [1.82, 2.24) is 5.32 Å². The molecule has 2 N–H and O–H groups in total. The van der Waals surface area contributed by atoms with Crippen LogP contribution in [0.15, 0.2) is 18.2 Å². The van der Waals surface area contributed by atoms with E-state index in [9.17, 15) is 9.59 Å². The molecule has 0 spiro atoms. The lowest BCUT2D eigenvalue weighted by Gasteiger charge is -2.09. The van der Waals surface area contributed by atoms with Crippen LogP contribution in [0.3, 0.4) is 0 Å². The van der Waals surface area contributed by atoms with Gasteiger partial charge in [-0.3, -0.25) is 4.79 Å². The Morgan fingerprint density at radius 1 is 1.29 bits per heavy atom. The molecular formula is C12H16N2O3. The number of carbonyl (C=O) groups is 2. The average Bonchev–Trinajstić information content (AvgIpc) is 2.30. The summed E-state index contributed by atoms with van der Waals surface area (Å²) >= 11 is 0. The minimum atomic E-state index is -0.624. The lowest BCUT2D eigenvalue weighted by Crippen LogP contribution is -2.32. The molecule has 2 amide bonds. The van der Waals surface area contributed by atoms with Gasteiger partial charge in [-0.2, -0.15) is 0 Å². The van der Waals surface area contributed by atoms with Crippen LogP contribution in [0.25, 0.3) is 0 Å². The van der Waals surface area contributed by atoms with E-state index in [1.807, 2.05) is 32.0 Å². The van der Waals surface area contributed by atoms with Crippen LogP contribution >= 0.6 is 0 Å². The number of rotatable bonds is 3. The Hall–Kier alpha value is -2.04. The molecule has 0 heterocycles. The summed E-state index contributed by atoms with van der Waals surface area (Å²) in [5.41, 5.74) is 2.79. The molecule has 0 saturated heterocycles. The summed E-state index contributed by atoms with van der Waals surface area (Å²) in [6.07, 6.45) is -0.624. The maximum absolute atomic E-state index is 11.5. The number of ether oxygens (including phenoxy) is 1. The number of aryl methyl sites for hydroxylation is 2. The smallest absolute Gasteiger partial charge is 0.407 e. The molecule has 17 heavy (non-hydrogen) atoms. The third kappa shape index (κ3) is 4.14. The second-order valence-electron chi connectivity index (χ2n) is 3.71. The summed E-state index contributed by atoms with van der Waals surface area (Å²) in [5, 5.41) is 5.03. The first kappa shape index (κ1) is 13.0. The molecule has 0 aliphatic rings. The normalized spacial score (nSPS) is 9.59. The molecule has 0 fully saturated rings. The Morgan fingerprint density at radius 3 is 2.65 bits per heavy atom. The lowest BCUT2D eigenvalue weighted by atomic mass is 10.1. The maximum atomic E-state index is 11.5. The van der Waals surface area contributed by atoms with Crippen molar-refractivity contribution in [2.24, 2.45) is 0 Å². The number of hydrogen-bond acceptors (Lipinski definition) is 3. The number of methoxy groups -OCH3 is 1. The Balaban J connectivity index is 2.56. The van der Waals surface area contributed by atoms with Crippen molar-refractivity contribution in [3.63, 3.8) is 0 Å². The second-order valence-corrected chi connectivity index (χ2v) is 3.71. The number of hydrogen-bond donors (Lipinski definition) is 2. The van der Waals surface area contributed by atoms with Gasteiger partial charge in [-0.1, -0.05) is 12.1 Å². The van der Waals surface area contributed by atoms with Crippen LogP contribution < -0.4 is 10.6 Å². The van der Waals surface area contributed by atoms with E-state index in [0.29, 0.717) is 0 Å². The average molecular weight is 236 g/mol. The molecule has 0 radical (unpaired) electrons. The molecule has 1 rings (SSSR count). The highest BCUT2D eigenvalue weighted by atomic mass is 16.5. The molecule has 5 heteroatoms. The van der Waals surface area contributed by atoms with E-state index >= 15 is 0 Å². The van der Waals surface area contributed by atoms with Gasteiger partial charge in [0.25, 0.3) is 0 Å². The van der Waals surface area contributed by atoms with E-state index in [0.717, 1.165) is 16.8 Å². The summed E-state index contributed by atoms with van der Waals surface area (Å²) in [6, 6.07) is 5.78. The lowest BCUT2D eigenvalue weighted by molar-refractivity contribution is -0.115. The highest BCUT2D eigenvalue weighted by molar-refractivity contribution is 5.94. The minimum absolute atomic E-state index is 0.111. The molecule has 0 unspecified atom stereocenters. The molecule has 0 aromatic heterocycles. The first-order valence-corrected chi connectivity index (χ1v) is 5.22. The van der Waals surface area contributed by atoms with E-state index in [1.54, 1.807) is 0 Å². The number of carbonyl (C=O) groups excluding carboxylic acids is 2. The highest BCUT2D eigenvalue weighted by Gasteiger charge is 2.06. The topological polar surface area (TPSA) is 67.4 Å². The predicted molar refractivity (Wildman–Crippen MR) is 65.0 cm³/mol. The van der Waals surface area contributed by atoms with Gasteiger partial charge in [0.15, 0.2) is 0 Å². The summed E-state index contributed by atoms with van der Waals surface area (Å²) in [4.78, 5) is 22.3.